The molecule has 0 amide bonds. The van der Waals surface area contributed by atoms with Gasteiger partial charge in [-0.2, -0.15) is 4.98 Å². The Morgan fingerprint density at radius 3 is 2.94 bits per heavy atom. The largest absolute Gasteiger partial charge is 0.339 e. The highest BCUT2D eigenvalue weighted by molar-refractivity contribution is 5.76. The third-order valence-corrected chi connectivity index (χ3v) is 3.34. The lowest BCUT2D eigenvalue weighted by Crippen LogP contribution is -2.30. The Hall–Kier alpha value is -1.23. The molecule has 1 atom stereocenters. The van der Waals surface area contributed by atoms with Gasteiger partial charge in [-0.15, -0.1) is 0 Å². The fourth-order valence-electron chi connectivity index (χ4n) is 2.41. The molecule has 0 N–H and O–H groups in total. The molecule has 1 aromatic rings. The van der Waals surface area contributed by atoms with Gasteiger partial charge in [-0.3, -0.25) is 9.69 Å². The lowest BCUT2D eigenvalue weighted by Gasteiger charge is -2.21. The van der Waals surface area contributed by atoms with E-state index in [4.69, 9.17) is 4.52 Å². The Morgan fingerprint density at radius 1 is 1.56 bits per heavy atom. The third kappa shape index (κ3) is 3.16. The minimum atomic E-state index is 0.253. The van der Waals surface area contributed by atoms with E-state index in [-0.39, 0.29) is 11.7 Å². The zero-order valence-electron chi connectivity index (χ0n) is 11.3. The van der Waals surface area contributed by atoms with Crippen molar-refractivity contribution in [1.82, 2.24) is 15.0 Å². The zero-order valence-corrected chi connectivity index (χ0v) is 11.3. The van der Waals surface area contributed by atoms with E-state index in [9.17, 15) is 4.79 Å². The van der Waals surface area contributed by atoms with Crippen molar-refractivity contribution in [1.29, 1.82) is 0 Å². The molecule has 2 heterocycles. The van der Waals surface area contributed by atoms with E-state index in [1.54, 1.807) is 6.92 Å². The van der Waals surface area contributed by atoms with E-state index in [1.807, 2.05) is 13.8 Å². The van der Waals surface area contributed by atoms with Crippen molar-refractivity contribution < 1.29 is 9.32 Å². The molecule has 1 saturated heterocycles. The molecule has 0 bridgehead atoms. The molecule has 1 aliphatic heterocycles. The van der Waals surface area contributed by atoms with Crippen molar-refractivity contribution in [3.63, 3.8) is 0 Å². The van der Waals surface area contributed by atoms with Gasteiger partial charge in [0.2, 0.25) is 5.89 Å². The normalized spacial score (nSPS) is 20.8. The zero-order chi connectivity index (χ0) is 13.1. The maximum atomic E-state index is 11.2. The molecule has 18 heavy (non-hydrogen) atoms. The van der Waals surface area contributed by atoms with Crippen molar-refractivity contribution in [2.24, 2.45) is 0 Å². The van der Waals surface area contributed by atoms with E-state index >= 15 is 0 Å². The topological polar surface area (TPSA) is 59.2 Å². The number of nitrogens with zero attached hydrogens (tertiary/aromatic N) is 3. The summed E-state index contributed by atoms with van der Waals surface area (Å²) in [4.78, 5) is 17.9. The SMILES string of the molecule is CC(=O)CC1CCCN1Cc1noc(C(C)C)n1. The van der Waals surface area contributed by atoms with Crippen LogP contribution in [0.2, 0.25) is 0 Å². The van der Waals surface area contributed by atoms with Crippen LogP contribution in [-0.2, 0) is 11.3 Å². The van der Waals surface area contributed by atoms with Gasteiger partial charge in [0, 0.05) is 18.4 Å². The van der Waals surface area contributed by atoms with Crippen LogP contribution in [0.15, 0.2) is 4.52 Å². The van der Waals surface area contributed by atoms with Gasteiger partial charge in [0.1, 0.15) is 5.78 Å². The number of hydrogen-bond donors (Lipinski definition) is 0. The predicted octanol–water partition coefficient (Wildman–Crippen LogP) is 2.14. The smallest absolute Gasteiger partial charge is 0.229 e. The van der Waals surface area contributed by atoms with Crippen LogP contribution in [0.3, 0.4) is 0 Å². The van der Waals surface area contributed by atoms with Crippen LogP contribution in [-0.4, -0.2) is 33.4 Å². The second-order valence-electron chi connectivity index (χ2n) is 5.38. The first-order valence-corrected chi connectivity index (χ1v) is 6.62. The van der Waals surface area contributed by atoms with Crippen molar-refractivity contribution in [2.45, 2.75) is 58.5 Å². The average Bonchev–Trinajstić information content (AvgIpc) is 2.89. The molecule has 1 unspecified atom stereocenters. The van der Waals surface area contributed by atoms with E-state index in [0.29, 0.717) is 24.9 Å². The van der Waals surface area contributed by atoms with Gasteiger partial charge in [-0.1, -0.05) is 19.0 Å². The number of likely N-dealkylation sites (tertiary alicyclic amines) is 1. The summed E-state index contributed by atoms with van der Waals surface area (Å²) in [5, 5.41) is 4.00. The molecule has 5 heteroatoms. The quantitative estimate of drug-likeness (QED) is 0.802. The van der Waals surface area contributed by atoms with Crippen LogP contribution >= 0.6 is 0 Å². The summed E-state index contributed by atoms with van der Waals surface area (Å²) >= 11 is 0. The first-order chi connectivity index (χ1) is 8.56. The van der Waals surface area contributed by atoms with Gasteiger partial charge in [-0.05, 0) is 26.3 Å². The number of hydrogen-bond acceptors (Lipinski definition) is 5. The maximum Gasteiger partial charge on any atom is 0.229 e. The summed E-state index contributed by atoms with van der Waals surface area (Å²) in [7, 11) is 0. The van der Waals surface area contributed by atoms with Crippen molar-refractivity contribution in [3.05, 3.63) is 11.7 Å². The van der Waals surface area contributed by atoms with Crippen LogP contribution in [0.4, 0.5) is 0 Å². The van der Waals surface area contributed by atoms with E-state index in [1.165, 1.54) is 0 Å². The fraction of sp³-hybridized carbons (Fsp3) is 0.769. The Labute approximate surface area is 108 Å². The summed E-state index contributed by atoms with van der Waals surface area (Å²) in [6.07, 6.45) is 2.87. The summed E-state index contributed by atoms with van der Waals surface area (Å²) in [6.45, 7) is 7.43. The van der Waals surface area contributed by atoms with Crippen LogP contribution < -0.4 is 0 Å². The highest BCUT2D eigenvalue weighted by Gasteiger charge is 2.26. The molecular formula is C13H21N3O2. The average molecular weight is 251 g/mol. The van der Waals surface area contributed by atoms with Gasteiger partial charge in [0.25, 0.3) is 0 Å². The highest BCUT2D eigenvalue weighted by Crippen LogP contribution is 2.22. The number of aromatic nitrogens is 2. The highest BCUT2D eigenvalue weighted by atomic mass is 16.5. The number of carbonyl (C=O) groups is 1. The van der Waals surface area contributed by atoms with Gasteiger partial charge < -0.3 is 4.52 Å². The van der Waals surface area contributed by atoms with Crippen LogP contribution in [0.1, 0.15) is 57.7 Å². The van der Waals surface area contributed by atoms with Gasteiger partial charge in [-0.25, -0.2) is 0 Å². The molecule has 0 radical (unpaired) electrons. The summed E-state index contributed by atoms with van der Waals surface area (Å²) in [5.74, 6) is 1.93. The number of ketones is 1. The first kappa shape index (κ1) is 13.2. The van der Waals surface area contributed by atoms with Crippen molar-refractivity contribution in [3.8, 4) is 0 Å². The third-order valence-electron chi connectivity index (χ3n) is 3.34. The van der Waals surface area contributed by atoms with E-state index in [0.717, 1.165) is 25.2 Å². The molecule has 1 fully saturated rings. The van der Waals surface area contributed by atoms with Gasteiger partial charge >= 0.3 is 0 Å². The second kappa shape index (κ2) is 5.61. The molecule has 1 aromatic heterocycles. The minimum absolute atomic E-state index is 0.253. The number of carbonyl (C=O) groups excluding carboxylic acids is 1. The summed E-state index contributed by atoms with van der Waals surface area (Å²) in [5.41, 5.74) is 0. The monoisotopic (exact) mass is 251 g/mol. The van der Waals surface area contributed by atoms with Crippen molar-refractivity contribution >= 4 is 5.78 Å². The Morgan fingerprint density at radius 2 is 2.33 bits per heavy atom. The Kier molecular flexibility index (Phi) is 4.11. The summed E-state index contributed by atoms with van der Waals surface area (Å²) < 4.78 is 5.20. The molecule has 0 saturated carbocycles. The summed E-state index contributed by atoms with van der Waals surface area (Å²) in [6, 6.07) is 0.350. The van der Waals surface area contributed by atoms with Gasteiger partial charge in [0.15, 0.2) is 5.82 Å². The molecule has 0 spiro atoms. The van der Waals surface area contributed by atoms with E-state index < -0.39 is 0 Å². The fourth-order valence-corrected chi connectivity index (χ4v) is 2.41. The molecule has 1 aliphatic rings. The predicted molar refractivity (Wildman–Crippen MR) is 67.1 cm³/mol. The minimum Gasteiger partial charge on any atom is -0.339 e. The lowest BCUT2D eigenvalue weighted by molar-refractivity contribution is -0.118. The lowest BCUT2D eigenvalue weighted by atomic mass is 10.1. The van der Waals surface area contributed by atoms with Crippen LogP contribution in [0.5, 0.6) is 0 Å². The molecule has 0 aromatic carbocycles. The maximum absolute atomic E-state index is 11.2. The Bertz CT molecular complexity index is 414. The number of rotatable bonds is 5. The molecule has 5 nitrogen and oxygen atoms in total. The molecular weight excluding hydrogens is 230 g/mol. The van der Waals surface area contributed by atoms with Crippen LogP contribution in [0.25, 0.3) is 0 Å². The van der Waals surface area contributed by atoms with Gasteiger partial charge in [0.05, 0.1) is 6.54 Å². The first-order valence-electron chi connectivity index (χ1n) is 6.62. The Balaban J connectivity index is 1.96. The molecule has 2 rings (SSSR count). The van der Waals surface area contributed by atoms with Crippen molar-refractivity contribution in [2.75, 3.05) is 6.54 Å². The number of Topliss-reactive ketones (excluding diaryl/α,β-unsaturated/α-hetero) is 1. The van der Waals surface area contributed by atoms with E-state index in [2.05, 4.69) is 15.0 Å². The van der Waals surface area contributed by atoms with Crippen LogP contribution in [0, 0.1) is 0 Å². The second-order valence-corrected chi connectivity index (χ2v) is 5.38. The standard InChI is InChI=1S/C13H21N3O2/c1-9(2)13-14-12(15-18-13)8-16-6-4-5-11(16)7-10(3)17/h9,11H,4-8H2,1-3H3. The molecule has 0 aliphatic carbocycles. The molecule has 100 valence electrons.